The van der Waals surface area contributed by atoms with Gasteiger partial charge in [-0.1, -0.05) is 15.9 Å². The molecule has 16 heavy (non-hydrogen) atoms. The summed E-state index contributed by atoms with van der Waals surface area (Å²) in [6.45, 7) is 7.79. The van der Waals surface area contributed by atoms with Gasteiger partial charge in [0.15, 0.2) is 0 Å². The molecule has 2 amide bonds. The Kier molecular flexibility index (Phi) is 3.97. The lowest BCUT2D eigenvalue weighted by molar-refractivity contribution is 0.244. The first-order valence-corrected chi connectivity index (χ1v) is 5.92. The summed E-state index contributed by atoms with van der Waals surface area (Å²) in [6, 6.07) is 5.56. The van der Waals surface area contributed by atoms with E-state index in [1.165, 1.54) is 0 Å². The fraction of sp³-hybridized carbons (Fsp3) is 0.417. The van der Waals surface area contributed by atoms with Gasteiger partial charge in [-0.3, -0.25) is 0 Å². The van der Waals surface area contributed by atoms with Crippen molar-refractivity contribution in [1.29, 1.82) is 0 Å². The van der Waals surface area contributed by atoms with Crippen LogP contribution in [0.5, 0.6) is 0 Å². The van der Waals surface area contributed by atoms with Gasteiger partial charge in [-0.15, -0.1) is 0 Å². The van der Waals surface area contributed by atoms with E-state index >= 15 is 0 Å². The quantitative estimate of drug-likeness (QED) is 0.812. The van der Waals surface area contributed by atoms with Crippen molar-refractivity contribution in [3.05, 3.63) is 28.2 Å². The topological polar surface area (TPSA) is 41.1 Å². The fourth-order valence-corrected chi connectivity index (χ4v) is 1.74. The second-order valence-electron chi connectivity index (χ2n) is 4.79. The number of urea groups is 1. The number of hydrogen-bond acceptors (Lipinski definition) is 1. The average Bonchev–Trinajstić information content (AvgIpc) is 2.06. The number of aryl methyl sites for hydroxylation is 1. The highest BCUT2D eigenvalue weighted by Gasteiger charge is 2.13. The normalized spacial score (nSPS) is 11.1. The molecule has 0 saturated heterocycles. The Labute approximate surface area is 105 Å². The van der Waals surface area contributed by atoms with Crippen molar-refractivity contribution >= 4 is 27.6 Å². The minimum absolute atomic E-state index is 0.182. The van der Waals surface area contributed by atoms with Crippen molar-refractivity contribution in [2.75, 3.05) is 5.32 Å². The second kappa shape index (κ2) is 4.87. The van der Waals surface area contributed by atoms with Gasteiger partial charge in [-0.05, 0) is 51.5 Å². The molecule has 4 heteroatoms. The zero-order valence-corrected chi connectivity index (χ0v) is 11.6. The van der Waals surface area contributed by atoms with Crippen LogP contribution < -0.4 is 10.6 Å². The molecule has 0 aliphatic heterocycles. The van der Waals surface area contributed by atoms with Gasteiger partial charge in [-0.2, -0.15) is 0 Å². The molecule has 1 rings (SSSR count). The number of nitrogens with one attached hydrogen (secondary N) is 2. The van der Waals surface area contributed by atoms with Gasteiger partial charge in [0.1, 0.15) is 0 Å². The molecule has 0 heterocycles. The number of carbonyl (C=O) groups excluding carboxylic acids is 1. The first-order valence-electron chi connectivity index (χ1n) is 5.13. The summed E-state index contributed by atoms with van der Waals surface area (Å²) >= 11 is 3.38. The summed E-state index contributed by atoms with van der Waals surface area (Å²) in [6.07, 6.45) is 0. The van der Waals surface area contributed by atoms with Crippen molar-refractivity contribution in [3.8, 4) is 0 Å². The van der Waals surface area contributed by atoms with Gasteiger partial charge in [0.2, 0.25) is 0 Å². The molecule has 2 N–H and O–H groups in total. The molecule has 0 aliphatic rings. The molecule has 0 aliphatic carbocycles. The van der Waals surface area contributed by atoms with E-state index in [-0.39, 0.29) is 11.6 Å². The van der Waals surface area contributed by atoms with Crippen LogP contribution in [0.3, 0.4) is 0 Å². The van der Waals surface area contributed by atoms with E-state index in [9.17, 15) is 4.79 Å². The van der Waals surface area contributed by atoms with Gasteiger partial charge >= 0.3 is 6.03 Å². The Bertz CT molecular complexity index is 396. The van der Waals surface area contributed by atoms with Crippen molar-refractivity contribution in [2.24, 2.45) is 0 Å². The molecule has 0 spiro atoms. The van der Waals surface area contributed by atoms with Crippen LogP contribution in [0.1, 0.15) is 26.3 Å². The lowest BCUT2D eigenvalue weighted by Gasteiger charge is -2.21. The Hall–Kier alpha value is -1.03. The van der Waals surface area contributed by atoms with Crippen LogP contribution in [0.2, 0.25) is 0 Å². The fourth-order valence-electron chi connectivity index (χ4n) is 1.26. The maximum absolute atomic E-state index is 11.6. The van der Waals surface area contributed by atoms with E-state index < -0.39 is 0 Å². The van der Waals surface area contributed by atoms with Crippen LogP contribution in [0, 0.1) is 6.92 Å². The molecule has 0 fully saturated rings. The Morgan fingerprint density at radius 2 is 1.94 bits per heavy atom. The van der Waals surface area contributed by atoms with Crippen LogP contribution in [-0.4, -0.2) is 11.6 Å². The van der Waals surface area contributed by atoms with E-state index in [2.05, 4.69) is 26.6 Å². The van der Waals surface area contributed by atoms with Gasteiger partial charge in [-0.25, -0.2) is 4.79 Å². The molecule has 0 atom stereocenters. The molecular weight excluding hydrogens is 268 g/mol. The maximum atomic E-state index is 11.6. The monoisotopic (exact) mass is 284 g/mol. The largest absolute Gasteiger partial charge is 0.333 e. The maximum Gasteiger partial charge on any atom is 0.319 e. The number of benzene rings is 1. The van der Waals surface area contributed by atoms with Gasteiger partial charge in [0.05, 0.1) is 0 Å². The summed E-state index contributed by atoms with van der Waals surface area (Å²) < 4.78 is 1.01. The number of hydrogen-bond donors (Lipinski definition) is 2. The van der Waals surface area contributed by atoms with E-state index in [0.29, 0.717) is 0 Å². The number of rotatable bonds is 1. The minimum atomic E-state index is -0.229. The zero-order chi connectivity index (χ0) is 12.3. The van der Waals surface area contributed by atoms with Crippen LogP contribution in [0.4, 0.5) is 10.5 Å². The van der Waals surface area contributed by atoms with E-state index in [4.69, 9.17) is 0 Å². The van der Waals surface area contributed by atoms with Crippen LogP contribution in [-0.2, 0) is 0 Å². The lowest BCUT2D eigenvalue weighted by Crippen LogP contribution is -2.43. The SMILES string of the molecule is Cc1cc(Br)ccc1NC(=O)NC(C)(C)C. The molecule has 1 aromatic carbocycles. The third kappa shape index (κ3) is 4.23. The van der Waals surface area contributed by atoms with Crippen molar-refractivity contribution in [2.45, 2.75) is 33.2 Å². The summed E-state index contributed by atoms with van der Waals surface area (Å²) in [5.74, 6) is 0. The van der Waals surface area contributed by atoms with Gasteiger partial charge < -0.3 is 10.6 Å². The van der Waals surface area contributed by atoms with Crippen LogP contribution in [0.25, 0.3) is 0 Å². The highest BCUT2D eigenvalue weighted by atomic mass is 79.9. The number of anilines is 1. The summed E-state index contributed by atoms with van der Waals surface area (Å²) in [5.41, 5.74) is 1.62. The molecule has 0 saturated carbocycles. The minimum Gasteiger partial charge on any atom is -0.333 e. The summed E-state index contributed by atoms with van der Waals surface area (Å²) in [4.78, 5) is 11.6. The van der Waals surface area contributed by atoms with E-state index in [0.717, 1.165) is 15.7 Å². The van der Waals surface area contributed by atoms with Crippen LogP contribution >= 0.6 is 15.9 Å². The predicted octanol–water partition coefficient (Wildman–Crippen LogP) is 3.68. The Morgan fingerprint density at radius 3 is 2.44 bits per heavy atom. The highest BCUT2D eigenvalue weighted by Crippen LogP contribution is 2.19. The Balaban J connectivity index is 2.70. The van der Waals surface area contributed by atoms with E-state index in [1.807, 2.05) is 45.9 Å². The zero-order valence-electron chi connectivity index (χ0n) is 10.0. The smallest absolute Gasteiger partial charge is 0.319 e. The van der Waals surface area contributed by atoms with Gasteiger partial charge in [0.25, 0.3) is 0 Å². The second-order valence-corrected chi connectivity index (χ2v) is 5.70. The predicted molar refractivity (Wildman–Crippen MR) is 70.8 cm³/mol. The van der Waals surface area contributed by atoms with Crippen molar-refractivity contribution < 1.29 is 4.79 Å². The third-order valence-electron chi connectivity index (χ3n) is 1.93. The van der Waals surface area contributed by atoms with Crippen molar-refractivity contribution in [3.63, 3.8) is 0 Å². The molecule has 0 bridgehead atoms. The number of carbonyl (C=O) groups is 1. The Morgan fingerprint density at radius 1 is 1.31 bits per heavy atom. The number of halogens is 1. The third-order valence-corrected chi connectivity index (χ3v) is 2.42. The molecule has 3 nitrogen and oxygen atoms in total. The first-order chi connectivity index (χ1) is 7.28. The molecular formula is C12H17BrN2O. The number of amides is 2. The summed E-state index contributed by atoms with van der Waals surface area (Å²) in [5, 5.41) is 5.67. The van der Waals surface area contributed by atoms with Crippen molar-refractivity contribution in [1.82, 2.24) is 5.32 Å². The highest BCUT2D eigenvalue weighted by molar-refractivity contribution is 9.10. The standard InChI is InChI=1S/C12H17BrN2O/c1-8-7-9(13)5-6-10(8)14-11(16)15-12(2,3)4/h5-7H,1-4H3,(H2,14,15,16). The summed E-state index contributed by atoms with van der Waals surface area (Å²) in [7, 11) is 0. The molecule has 0 unspecified atom stereocenters. The first kappa shape index (κ1) is 13.0. The molecule has 0 aromatic heterocycles. The molecule has 0 radical (unpaired) electrons. The van der Waals surface area contributed by atoms with Crippen LogP contribution in [0.15, 0.2) is 22.7 Å². The molecule has 88 valence electrons. The average molecular weight is 285 g/mol. The lowest BCUT2D eigenvalue weighted by atomic mass is 10.1. The van der Waals surface area contributed by atoms with Gasteiger partial charge in [0, 0.05) is 15.7 Å². The van der Waals surface area contributed by atoms with E-state index in [1.54, 1.807) is 0 Å². The molecule has 1 aromatic rings.